The van der Waals surface area contributed by atoms with Crippen LogP contribution in [0.5, 0.6) is 5.75 Å². The summed E-state index contributed by atoms with van der Waals surface area (Å²) < 4.78 is 6.17. The first-order chi connectivity index (χ1) is 9.91. The molecule has 3 nitrogen and oxygen atoms in total. The predicted molar refractivity (Wildman–Crippen MR) is 87.7 cm³/mol. The van der Waals surface area contributed by atoms with Gasteiger partial charge in [0.2, 0.25) is 0 Å². The smallest absolute Gasteiger partial charge is 0.140 e. The number of para-hydroxylation sites is 1. The van der Waals surface area contributed by atoms with Gasteiger partial charge in [0.25, 0.3) is 0 Å². The lowest BCUT2D eigenvalue weighted by Crippen LogP contribution is -2.34. The molecule has 0 amide bonds. The van der Waals surface area contributed by atoms with E-state index in [-0.39, 0.29) is 11.1 Å². The van der Waals surface area contributed by atoms with Gasteiger partial charge in [0, 0.05) is 5.56 Å². The quantitative estimate of drug-likeness (QED) is 0.913. The van der Waals surface area contributed by atoms with Crippen molar-refractivity contribution in [1.29, 1.82) is 0 Å². The summed E-state index contributed by atoms with van der Waals surface area (Å²) in [4.78, 5) is 6.09. The Morgan fingerprint density at radius 1 is 1.24 bits per heavy atom. The number of nitrogens with two attached hydrogens (primary N) is 1. The minimum Gasteiger partial charge on any atom is -0.482 e. The maximum absolute atomic E-state index is 6.55. The van der Waals surface area contributed by atoms with E-state index >= 15 is 0 Å². The van der Waals surface area contributed by atoms with Crippen LogP contribution in [0.4, 0.5) is 0 Å². The van der Waals surface area contributed by atoms with E-state index in [4.69, 9.17) is 15.5 Å². The number of hydrogen-bond acceptors (Lipinski definition) is 4. The number of fused-ring (bicyclic) bond motifs is 3. The van der Waals surface area contributed by atoms with Crippen LogP contribution in [-0.2, 0) is 11.1 Å². The Labute approximate surface area is 130 Å². The molecule has 0 atom stereocenters. The van der Waals surface area contributed by atoms with E-state index in [2.05, 4.69) is 33.8 Å². The van der Waals surface area contributed by atoms with Crippen molar-refractivity contribution in [3.05, 3.63) is 34.2 Å². The van der Waals surface area contributed by atoms with Gasteiger partial charge in [-0.2, -0.15) is 0 Å². The van der Waals surface area contributed by atoms with E-state index in [1.54, 1.807) is 11.3 Å². The Hall–Kier alpha value is -1.39. The number of aromatic nitrogens is 1. The lowest BCUT2D eigenvalue weighted by Gasteiger charge is -2.31. The summed E-state index contributed by atoms with van der Waals surface area (Å²) in [5, 5.41) is 1.02. The van der Waals surface area contributed by atoms with Crippen molar-refractivity contribution in [3.63, 3.8) is 0 Å². The fraction of sp³-hybridized carbons (Fsp3) is 0.471. The zero-order chi connectivity index (χ0) is 15.3. The molecule has 0 spiro atoms. The van der Waals surface area contributed by atoms with Crippen LogP contribution in [0.2, 0.25) is 0 Å². The highest BCUT2D eigenvalue weighted by Crippen LogP contribution is 2.48. The molecule has 1 aromatic carbocycles. The molecule has 0 saturated carbocycles. The van der Waals surface area contributed by atoms with E-state index in [1.165, 1.54) is 4.88 Å². The molecule has 1 aliphatic rings. The number of nitrogens with zero attached hydrogens (tertiary/aromatic N) is 1. The highest BCUT2D eigenvalue weighted by molar-refractivity contribution is 7.12. The molecule has 1 aliphatic heterocycles. The molecule has 21 heavy (non-hydrogen) atoms. The molecule has 0 fully saturated rings. The van der Waals surface area contributed by atoms with Crippen molar-refractivity contribution in [2.75, 3.05) is 0 Å². The largest absolute Gasteiger partial charge is 0.482 e. The Morgan fingerprint density at radius 2 is 1.90 bits per heavy atom. The summed E-state index contributed by atoms with van der Waals surface area (Å²) in [5.41, 5.74) is 7.96. The molecule has 112 valence electrons. The average molecular weight is 302 g/mol. The van der Waals surface area contributed by atoms with Crippen molar-refractivity contribution in [2.24, 2.45) is 5.73 Å². The Morgan fingerprint density at radius 3 is 2.57 bits per heavy atom. The van der Waals surface area contributed by atoms with Crippen LogP contribution < -0.4 is 10.5 Å². The molecule has 2 heterocycles. The molecule has 0 aliphatic carbocycles. The van der Waals surface area contributed by atoms with Gasteiger partial charge in [-0.25, -0.2) is 4.98 Å². The summed E-state index contributed by atoms with van der Waals surface area (Å²) in [7, 11) is 0. The summed E-state index contributed by atoms with van der Waals surface area (Å²) >= 11 is 1.70. The first kappa shape index (κ1) is 14.5. The fourth-order valence-corrected chi connectivity index (χ4v) is 4.11. The second-order valence-corrected chi connectivity index (χ2v) is 7.17. The van der Waals surface area contributed by atoms with Gasteiger partial charge in [-0.05, 0) is 38.8 Å². The zero-order valence-electron chi connectivity index (χ0n) is 13.1. The van der Waals surface area contributed by atoms with Crippen molar-refractivity contribution in [2.45, 2.75) is 51.7 Å². The van der Waals surface area contributed by atoms with Gasteiger partial charge in [0.15, 0.2) is 0 Å². The van der Waals surface area contributed by atoms with E-state index in [0.29, 0.717) is 0 Å². The van der Waals surface area contributed by atoms with Gasteiger partial charge in [-0.1, -0.05) is 26.0 Å². The molecule has 0 radical (unpaired) electrons. The molecular formula is C17H22N2OS. The van der Waals surface area contributed by atoms with E-state index in [9.17, 15) is 0 Å². The molecule has 0 unspecified atom stereocenters. The van der Waals surface area contributed by atoms with Crippen molar-refractivity contribution < 1.29 is 4.74 Å². The number of benzene rings is 1. The van der Waals surface area contributed by atoms with Crippen LogP contribution in [0, 0.1) is 0 Å². The maximum atomic E-state index is 6.55. The van der Waals surface area contributed by atoms with Crippen LogP contribution >= 0.6 is 11.3 Å². The summed E-state index contributed by atoms with van der Waals surface area (Å²) in [6, 6.07) is 8.11. The minimum absolute atomic E-state index is 0.340. The van der Waals surface area contributed by atoms with Crippen LogP contribution in [-0.4, -0.2) is 4.98 Å². The van der Waals surface area contributed by atoms with Gasteiger partial charge >= 0.3 is 0 Å². The number of ether oxygens (including phenoxy) is 1. The van der Waals surface area contributed by atoms with E-state index in [1.807, 2.05) is 18.2 Å². The predicted octanol–water partition coefficient (Wildman–Crippen LogP) is 4.41. The summed E-state index contributed by atoms with van der Waals surface area (Å²) in [6.07, 6.45) is 1.78. The maximum Gasteiger partial charge on any atom is 0.140 e. The van der Waals surface area contributed by atoms with Crippen LogP contribution in [0.15, 0.2) is 24.3 Å². The Balaban J connectivity index is 2.21. The molecule has 3 rings (SSSR count). The molecule has 2 aromatic rings. The second kappa shape index (κ2) is 4.82. The van der Waals surface area contributed by atoms with Gasteiger partial charge in [-0.15, -0.1) is 11.3 Å². The number of hydrogen-bond donors (Lipinski definition) is 1. The van der Waals surface area contributed by atoms with Crippen LogP contribution in [0.25, 0.3) is 11.3 Å². The highest BCUT2D eigenvalue weighted by Gasteiger charge is 2.38. The topological polar surface area (TPSA) is 48.1 Å². The molecule has 0 saturated heterocycles. The van der Waals surface area contributed by atoms with Gasteiger partial charge in [0.05, 0.1) is 16.1 Å². The lowest BCUT2D eigenvalue weighted by atomic mass is 9.94. The van der Waals surface area contributed by atoms with Gasteiger partial charge < -0.3 is 10.5 Å². The van der Waals surface area contributed by atoms with Crippen molar-refractivity contribution in [3.8, 4) is 17.0 Å². The number of thiazole rings is 1. The standard InChI is InChI=1S/C17H22N2OS/c1-5-17(18,6-2)15-19-13-11-9-7-8-10-12(11)20-16(3,4)14(13)21-15/h7-10H,5-6,18H2,1-4H3. The summed E-state index contributed by atoms with van der Waals surface area (Å²) in [6.45, 7) is 8.44. The molecular weight excluding hydrogens is 280 g/mol. The highest BCUT2D eigenvalue weighted by atomic mass is 32.1. The normalized spacial score (nSPS) is 16.0. The number of rotatable bonds is 3. The molecule has 1 aromatic heterocycles. The lowest BCUT2D eigenvalue weighted by molar-refractivity contribution is 0.109. The van der Waals surface area contributed by atoms with E-state index in [0.717, 1.165) is 34.9 Å². The van der Waals surface area contributed by atoms with Crippen molar-refractivity contribution in [1.82, 2.24) is 4.98 Å². The second-order valence-electron chi connectivity index (χ2n) is 6.17. The van der Waals surface area contributed by atoms with Gasteiger partial charge in [0.1, 0.15) is 16.4 Å². The third-order valence-corrected chi connectivity index (χ3v) is 5.95. The molecule has 0 bridgehead atoms. The third kappa shape index (κ3) is 2.17. The van der Waals surface area contributed by atoms with E-state index < -0.39 is 0 Å². The van der Waals surface area contributed by atoms with Crippen molar-refractivity contribution >= 4 is 11.3 Å². The van der Waals surface area contributed by atoms with Crippen LogP contribution in [0.3, 0.4) is 0 Å². The first-order valence-electron chi connectivity index (χ1n) is 7.50. The third-order valence-electron chi connectivity index (χ3n) is 4.37. The average Bonchev–Trinajstić information content (AvgIpc) is 2.93. The first-order valence-corrected chi connectivity index (χ1v) is 8.32. The molecule has 2 N–H and O–H groups in total. The van der Waals surface area contributed by atoms with Gasteiger partial charge in [-0.3, -0.25) is 0 Å². The zero-order valence-corrected chi connectivity index (χ0v) is 13.9. The SMILES string of the molecule is CCC(N)(CC)c1nc2c(s1)C(C)(C)Oc1ccccc1-2. The molecule has 4 heteroatoms. The van der Waals surface area contributed by atoms with Crippen LogP contribution in [0.1, 0.15) is 50.4 Å². The fourth-order valence-electron chi connectivity index (χ4n) is 2.75. The minimum atomic E-state index is -0.359. The monoisotopic (exact) mass is 302 g/mol. The summed E-state index contributed by atoms with van der Waals surface area (Å²) in [5.74, 6) is 0.905. The Kier molecular flexibility index (Phi) is 3.34. The Bertz CT molecular complexity index is 671.